The van der Waals surface area contributed by atoms with Crippen LogP contribution >= 0.6 is 0 Å². The first-order valence-electron chi connectivity index (χ1n) is 13.2. The third-order valence-electron chi connectivity index (χ3n) is 5.79. The molecule has 5 atom stereocenters. The first-order valence-corrected chi connectivity index (χ1v) is 13.2. The van der Waals surface area contributed by atoms with Crippen LogP contribution in [-0.2, 0) is 47.9 Å². The quantitative estimate of drug-likeness (QED) is 0.0523. The van der Waals surface area contributed by atoms with Gasteiger partial charge in [0.05, 0.1) is 19.0 Å². The van der Waals surface area contributed by atoms with Gasteiger partial charge in [-0.3, -0.25) is 43.2 Å². The Hall–Kier alpha value is -5.34. The SMILES string of the molecule is C[C@H](NC(=O)[C@H](CCC(=O)O)NC(=O)[C@@H](N)CCC(=O)O)C(=O)N[C@@H](CCC(N)=O)C(=O)NCC(=O)N[C@@H](CC(=O)O)C(=O)O. The minimum absolute atomic E-state index is 0.286. The van der Waals surface area contributed by atoms with Gasteiger partial charge in [0, 0.05) is 19.3 Å². The maximum Gasteiger partial charge on any atom is 0.326 e. The third kappa shape index (κ3) is 17.4. The van der Waals surface area contributed by atoms with E-state index in [1.54, 1.807) is 0 Å². The normalized spacial score (nSPS) is 13.8. The summed E-state index contributed by atoms with van der Waals surface area (Å²) in [4.78, 5) is 118. The maximum atomic E-state index is 12.8. The molecule has 21 heteroatoms. The lowest BCUT2D eigenvalue weighted by Crippen LogP contribution is -2.57. The van der Waals surface area contributed by atoms with Gasteiger partial charge in [-0.25, -0.2) is 4.79 Å². The highest BCUT2D eigenvalue weighted by atomic mass is 16.4. The van der Waals surface area contributed by atoms with Crippen molar-refractivity contribution >= 4 is 59.3 Å². The highest BCUT2D eigenvalue weighted by Gasteiger charge is 2.30. The fraction of sp³-hybridized carbons (Fsp3) is 0.583. The van der Waals surface area contributed by atoms with Crippen molar-refractivity contribution in [2.75, 3.05) is 6.54 Å². The van der Waals surface area contributed by atoms with Gasteiger partial charge in [-0.2, -0.15) is 0 Å². The van der Waals surface area contributed by atoms with E-state index in [4.69, 9.17) is 31.9 Å². The lowest BCUT2D eigenvalue weighted by Gasteiger charge is -2.24. The van der Waals surface area contributed by atoms with Crippen molar-refractivity contribution in [3.8, 4) is 0 Å². The Bertz CT molecular complexity index is 1160. The van der Waals surface area contributed by atoms with Gasteiger partial charge in [0.1, 0.15) is 24.2 Å². The van der Waals surface area contributed by atoms with E-state index in [9.17, 15) is 47.9 Å². The summed E-state index contributed by atoms with van der Waals surface area (Å²) in [6.45, 7) is 0.309. The molecular formula is C24H37N7O14. The number of carbonyl (C=O) groups is 10. The van der Waals surface area contributed by atoms with E-state index >= 15 is 0 Å². The molecule has 21 nitrogen and oxygen atoms in total. The molecule has 0 aliphatic heterocycles. The Kier molecular flexibility index (Phi) is 17.4. The van der Waals surface area contributed by atoms with Crippen LogP contribution in [0.15, 0.2) is 0 Å². The third-order valence-corrected chi connectivity index (χ3v) is 5.79. The standard InChI is InChI=1S/C24H37N7O14/c1-10(28-23(43)13(4-7-18(36)37)31-21(41)11(25)2-6-17(34)35)20(40)30-12(3-5-15(26)32)22(42)27-9-16(33)29-14(24(44)45)8-19(38)39/h10-14H,2-9,25H2,1H3,(H2,26,32)(H,27,42)(H,28,43)(H,29,33)(H,30,40)(H,31,41)(H,34,35)(H,36,37)(H,38,39)(H,44,45)/t10-,11-,12-,13-,14-/m0/s1. The number of carbonyl (C=O) groups excluding carboxylic acids is 6. The van der Waals surface area contributed by atoms with E-state index in [0.29, 0.717) is 0 Å². The summed E-state index contributed by atoms with van der Waals surface area (Å²) in [5, 5.41) is 46.1. The predicted octanol–water partition coefficient (Wildman–Crippen LogP) is -5.06. The smallest absolute Gasteiger partial charge is 0.326 e. The number of carboxylic acid groups (broad SMARTS) is 4. The second kappa shape index (κ2) is 19.8. The molecule has 0 radical (unpaired) electrons. The van der Waals surface area contributed by atoms with Crippen molar-refractivity contribution in [1.29, 1.82) is 0 Å². The van der Waals surface area contributed by atoms with Crippen molar-refractivity contribution in [3.63, 3.8) is 0 Å². The summed E-state index contributed by atoms with van der Waals surface area (Å²) in [5.41, 5.74) is 10.7. The first kappa shape index (κ1) is 39.7. The first-order chi connectivity index (χ1) is 20.8. The number of hydrogen-bond donors (Lipinski definition) is 11. The number of amides is 6. The number of primary amides is 1. The lowest BCUT2D eigenvalue weighted by molar-refractivity contribution is -0.147. The molecule has 0 rings (SSSR count). The van der Waals surface area contributed by atoms with Crippen LogP contribution in [0.5, 0.6) is 0 Å². The van der Waals surface area contributed by atoms with Gasteiger partial charge in [0.25, 0.3) is 0 Å². The summed E-state index contributed by atoms with van der Waals surface area (Å²) in [6.07, 6.45) is -3.52. The lowest BCUT2D eigenvalue weighted by atomic mass is 10.1. The summed E-state index contributed by atoms with van der Waals surface area (Å²) >= 11 is 0. The van der Waals surface area contributed by atoms with Crippen LogP contribution in [-0.4, -0.2) is 117 Å². The van der Waals surface area contributed by atoms with Crippen molar-refractivity contribution in [1.82, 2.24) is 26.6 Å². The number of rotatable bonds is 22. The molecule has 0 heterocycles. The molecule has 252 valence electrons. The van der Waals surface area contributed by atoms with Crippen molar-refractivity contribution in [2.24, 2.45) is 11.5 Å². The molecule has 0 unspecified atom stereocenters. The van der Waals surface area contributed by atoms with Gasteiger partial charge < -0.3 is 58.5 Å². The molecule has 0 aromatic rings. The highest BCUT2D eigenvalue weighted by molar-refractivity contribution is 5.96. The fourth-order valence-corrected chi connectivity index (χ4v) is 3.37. The predicted molar refractivity (Wildman–Crippen MR) is 146 cm³/mol. The highest BCUT2D eigenvalue weighted by Crippen LogP contribution is 2.04. The van der Waals surface area contributed by atoms with E-state index in [0.717, 1.165) is 6.92 Å². The topological polar surface area (TPSA) is 364 Å². The summed E-state index contributed by atoms with van der Waals surface area (Å²) in [5.74, 6) is -11.7. The molecule has 0 saturated heterocycles. The average molecular weight is 648 g/mol. The minimum atomic E-state index is -1.80. The minimum Gasteiger partial charge on any atom is -0.481 e. The number of carboxylic acids is 4. The molecule has 0 saturated carbocycles. The van der Waals surface area contributed by atoms with E-state index in [-0.39, 0.29) is 12.8 Å². The largest absolute Gasteiger partial charge is 0.481 e. The average Bonchev–Trinajstić information content (AvgIpc) is 2.93. The zero-order chi connectivity index (χ0) is 34.9. The van der Waals surface area contributed by atoms with Gasteiger partial charge in [0.15, 0.2) is 0 Å². The summed E-state index contributed by atoms with van der Waals surface area (Å²) in [6, 6.07) is -7.60. The zero-order valence-electron chi connectivity index (χ0n) is 24.1. The van der Waals surface area contributed by atoms with Crippen molar-refractivity contribution < 1.29 is 68.4 Å². The van der Waals surface area contributed by atoms with Gasteiger partial charge in [-0.15, -0.1) is 0 Å². The van der Waals surface area contributed by atoms with E-state index < -0.39 is 128 Å². The summed E-state index contributed by atoms with van der Waals surface area (Å²) < 4.78 is 0. The van der Waals surface area contributed by atoms with E-state index in [2.05, 4.69) is 21.3 Å². The van der Waals surface area contributed by atoms with Gasteiger partial charge in [-0.05, 0) is 26.2 Å². The van der Waals surface area contributed by atoms with Gasteiger partial charge in [-0.1, -0.05) is 0 Å². The second-order valence-corrected chi connectivity index (χ2v) is 9.60. The van der Waals surface area contributed by atoms with Crippen LogP contribution in [0.3, 0.4) is 0 Å². The van der Waals surface area contributed by atoms with E-state index in [1.165, 1.54) is 0 Å². The zero-order valence-corrected chi connectivity index (χ0v) is 24.1. The molecule has 45 heavy (non-hydrogen) atoms. The Labute approximate surface area is 254 Å². The van der Waals surface area contributed by atoms with Crippen molar-refractivity contribution in [3.05, 3.63) is 0 Å². The van der Waals surface area contributed by atoms with Gasteiger partial charge >= 0.3 is 23.9 Å². The van der Waals surface area contributed by atoms with Crippen LogP contribution in [0.4, 0.5) is 0 Å². The Balaban J connectivity index is 5.45. The maximum absolute atomic E-state index is 12.8. The number of aliphatic carboxylic acids is 4. The fourth-order valence-electron chi connectivity index (χ4n) is 3.37. The molecule has 13 N–H and O–H groups in total. The molecule has 0 aromatic carbocycles. The van der Waals surface area contributed by atoms with E-state index in [1.807, 2.05) is 5.32 Å². The number of nitrogens with two attached hydrogens (primary N) is 2. The Morgan fingerprint density at radius 2 is 1.11 bits per heavy atom. The molecule has 0 bridgehead atoms. The van der Waals surface area contributed by atoms with Crippen molar-refractivity contribution in [2.45, 2.75) is 82.1 Å². The van der Waals surface area contributed by atoms with Gasteiger partial charge in [0.2, 0.25) is 35.4 Å². The number of nitrogens with one attached hydrogen (secondary N) is 5. The van der Waals surface area contributed by atoms with Crippen LogP contribution in [0.25, 0.3) is 0 Å². The second-order valence-electron chi connectivity index (χ2n) is 9.60. The Morgan fingerprint density at radius 3 is 1.62 bits per heavy atom. The van der Waals surface area contributed by atoms with Crippen LogP contribution < -0.4 is 38.1 Å². The Morgan fingerprint density at radius 1 is 0.600 bits per heavy atom. The molecule has 0 fully saturated rings. The summed E-state index contributed by atoms with van der Waals surface area (Å²) in [7, 11) is 0. The molecule has 0 aromatic heterocycles. The molecule has 6 amide bonds. The van der Waals surface area contributed by atoms with Crippen LogP contribution in [0.2, 0.25) is 0 Å². The molecular weight excluding hydrogens is 610 g/mol. The molecule has 0 aliphatic carbocycles. The monoisotopic (exact) mass is 647 g/mol. The molecule has 0 aliphatic rings. The van der Waals surface area contributed by atoms with Crippen LogP contribution in [0.1, 0.15) is 51.9 Å². The van der Waals surface area contributed by atoms with Crippen LogP contribution in [0, 0.1) is 0 Å². The molecule has 0 spiro atoms. The number of hydrogen-bond acceptors (Lipinski definition) is 11.